The average Bonchev–Trinajstić information content (AvgIpc) is 3.52. The van der Waals surface area contributed by atoms with E-state index in [-0.39, 0.29) is 24.8 Å². The van der Waals surface area contributed by atoms with Crippen LogP contribution >= 0.6 is 11.3 Å². The van der Waals surface area contributed by atoms with Gasteiger partial charge in [0.05, 0.1) is 18.2 Å². The molecule has 0 unspecified atom stereocenters. The second-order valence-corrected chi connectivity index (χ2v) is 12.8. The lowest BCUT2D eigenvalue weighted by molar-refractivity contribution is -0.506. The van der Waals surface area contributed by atoms with Gasteiger partial charge in [-0.3, -0.25) is 4.79 Å². The summed E-state index contributed by atoms with van der Waals surface area (Å²) in [6, 6.07) is 19.6. The molecule has 238 valence electrons. The number of aromatic hydroxyl groups is 1. The van der Waals surface area contributed by atoms with Gasteiger partial charge in [-0.05, 0) is 75.2 Å². The van der Waals surface area contributed by atoms with Crippen molar-refractivity contribution < 1.29 is 28.6 Å². The van der Waals surface area contributed by atoms with Crippen molar-refractivity contribution >= 4 is 39.9 Å². The number of thiazole rings is 1. The van der Waals surface area contributed by atoms with Crippen LogP contribution in [0.2, 0.25) is 0 Å². The number of aromatic nitrogens is 2. The summed E-state index contributed by atoms with van der Waals surface area (Å²) in [5.41, 5.74) is 10.6. The van der Waals surface area contributed by atoms with Gasteiger partial charge in [0.2, 0.25) is 5.91 Å². The van der Waals surface area contributed by atoms with Crippen molar-refractivity contribution in [2.24, 2.45) is 5.73 Å². The number of hydrogen-bond donors (Lipinski definition) is 3. The van der Waals surface area contributed by atoms with Crippen molar-refractivity contribution in [2.75, 3.05) is 5.32 Å². The molecule has 0 aliphatic heterocycles. The van der Waals surface area contributed by atoms with Gasteiger partial charge >= 0.3 is 17.0 Å². The van der Waals surface area contributed by atoms with Crippen molar-refractivity contribution in [1.29, 1.82) is 0 Å². The Labute approximate surface area is 271 Å². The maximum atomic E-state index is 14.0. The lowest BCUT2D eigenvalue weighted by atomic mass is 10.0. The molecule has 0 spiro atoms. The van der Waals surface area contributed by atoms with Crippen LogP contribution in [-0.4, -0.2) is 44.6 Å². The number of rotatable bonds is 11. The van der Waals surface area contributed by atoms with Crippen LogP contribution in [0.3, 0.4) is 0 Å². The topological polar surface area (TPSA) is 131 Å². The zero-order valence-electron chi connectivity index (χ0n) is 26.3. The molecule has 5 rings (SSSR count). The molecule has 0 radical (unpaired) electrons. The number of urea groups is 1. The molecule has 2 heterocycles. The lowest BCUT2D eigenvalue weighted by Crippen LogP contribution is -2.50. The zero-order valence-corrected chi connectivity index (χ0v) is 27.1. The Morgan fingerprint density at radius 2 is 1.61 bits per heavy atom. The summed E-state index contributed by atoms with van der Waals surface area (Å²) in [5.74, 6) is -1.03. The Balaban J connectivity index is 1.50. The molecule has 1 atom stereocenters. The largest absolute Gasteiger partial charge is 0.508 e. The SMILES string of the molecule is Cc1ccc(Cn2c(CN(C(=O)Nc3ccc(C(=O)OC(C)C)cc3)[C@@H](Cc3ccc(O)cc3)C(N)=O)c[n+]3cc(C)sc23)cc1. The van der Waals surface area contributed by atoms with Crippen molar-refractivity contribution in [2.45, 2.75) is 59.4 Å². The van der Waals surface area contributed by atoms with E-state index in [4.69, 9.17) is 10.5 Å². The van der Waals surface area contributed by atoms with Crippen molar-refractivity contribution in [3.05, 3.63) is 118 Å². The molecular formula is C35H38N5O5S+. The summed E-state index contributed by atoms with van der Waals surface area (Å²) in [6.07, 6.45) is 3.89. The van der Waals surface area contributed by atoms with Gasteiger partial charge in [-0.15, -0.1) is 0 Å². The smallest absolute Gasteiger partial charge is 0.346 e. The van der Waals surface area contributed by atoms with Crippen LogP contribution in [0.5, 0.6) is 5.75 Å². The number of hydrogen-bond acceptors (Lipinski definition) is 6. The molecule has 2 aromatic heterocycles. The minimum Gasteiger partial charge on any atom is -0.508 e. The second kappa shape index (κ2) is 13.9. The Hall–Kier alpha value is -5.16. The molecule has 0 bridgehead atoms. The molecule has 0 fully saturated rings. The number of nitrogens with one attached hydrogen (secondary N) is 1. The van der Waals surface area contributed by atoms with Gasteiger partial charge in [0, 0.05) is 17.0 Å². The highest BCUT2D eigenvalue weighted by Gasteiger charge is 2.32. The first-order chi connectivity index (χ1) is 22.0. The molecule has 11 heteroatoms. The highest BCUT2D eigenvalue weighted by atomic mass is 32.1. The Morgan fingerprint density at radius 1 is 0.957 bits per heavy atom. The van der Waals surface area contributed by atoms with Crippen LogP contribution in [0, 0.1) is 13.8 Å². The third kappa shape index (κ3) is 7.73. The van der Waals surface area contributed by atoms with Crippen molar-refractivity contribution in [1.82, 2.24) is 9.47 Å². The number of imidazole rings is 1. The fourth-order valence-electron chi connectivity index (χ4n) is 5.17. The molecule has 0 aliphatic carbocycles. The number of ether oxygens (including phenoxy) is 1. The molecule has 0 saturated heterocycles. The lowest BCUT2D eigenvalue weighted by Gasteiger charge is -2.29. The second-order valence-electron chi connectivity index (χ2n) is 11.6. The number of esters is 1. The first-order valence-electron chi connectivity index (χ1n) is 15.0. The third-order valence-corrected chi connectivity index (χ3v) is 8.54. The predicted molar refractivity (Wildman–Crippen MR) is 177 cm³/mol. The Morgan fingerprint density at radius 3 is 2.24 bits per heavy atom. The van der Waals surface area contributed by atoms with E-state index in [1.165, 1.54) is 17.0 Å². The van der Waals surface area contributed by atoms with E-state index in [1.54, 1.807) is 61.6 Å². The summed E-state index contributed by atoms with van der Waals surface area (Å²) in [4.78, 5) is 43.0. The number of phenolic OH excluding ortho intramolecular Hbond substituents is 1. The number of phenols is 1. The third-order valence-electron chi connectivity index (χ3n) is 7.50. The molecule has 5 aromatic rings. The number of nitrogens with zero attached hydrogens (tertiary/aromatic N) is 3. The van der Waals surface area contributed by atoms with E-state index in [0.29, 0.717) is 17.8 Å². The van der Waals surface area contributed by atoms with E-state index in [1.807, 2.05) is 30.6 Å². The first-order valence-corrected chi connectivity index (χ1v) is 15.8. The Kier molecular flexibility index (Phi) is 9.72. The van der Waals surface area contributed by atoms with Gasteiger partial charge in [-0.25, -0.2) is 14.2 Å². The quantitative estimate of drug-likeness (QED) is 0.132. The molecule has 3 aromatic carbocycles. The van der Waals surface area contributed by atoms with Crippen LogP contribution < -0.4 is 15.5 Å². The van der Waals surface area contributed by atoms with Gasteiger partial charge in [-0.2, -0.15) is 4.40 Å². The minimum atomic E-state index is -1.02. The summed E-state index contributed by atoms with van der Waals surface area (Å²) in [7, 11) is 0. The minimum absolute atomic E-state index is 0.0790. The molecular weight excluding hydrogens is 602 g/mol. The number of amides is 3. The van der Waals surface area contributed by atoms with Crippen molar-refractivity contribution in [3.8, 4) is 5.75 Å². The maximum absolute atomic E-state index is 14.0. The van der Waals surface area contributed by atoms with Gasteiger partial charge in [0.25, 0.3) is 0 Å². The first kappa shape index (κ1) is 32.2. The number of primary amides is 1. The monoisotopic (exact) mass is 640 g/mol. The van der Waals surface area contributed by atoms with E-state index < -0.39 is 23.9 Å². The number of carbonyl (C=O) groups is 3. The van der Waals surface area contributed by atoms with E-state index in [0.717, 1.165) is 32.2 Å². The molecule has 4 N–H and O–H groups in total. The van der Waals surface area contributed by atoms with Gasteiger partial charge < -0.3 is 25.8 Å². The van der Waals surface area contributed by atoms with E-state index in [9.17, 15) is 19.5 Å². The maximum Gasteiger partial charge on any atom is 0.346 e. The summed E-state index contributed by atoms with van der Waals surface area (Å²) >= 11 is 1.64. The fraction of sp³-hybridized carbons (Fsp3) is 0.257. The number of nitrogens with two attached hydrogens (primary N) is 1. The number of anilines is 1. The van der Waals surface area contributed by atoms with Crippen LogP contribution in [0.1, 0.15) is 51.5 Å². The average molecular weight is 641 g/mol. The standard InChI is InChI=1S/C35H37N5O5S/c1-22(2)45-33(43)27-11-13-28(14-12-27)37-34(44)40(31(32(36)42)17-25-9-15-30(41)16-10-25)21-29-20-38-18-24(4)46-35(38)39(29)19-26-7-5-23(3)6-8-26/h5-16,18,20,22,31H,17,19,21H2,1-4H3,(H3-,36,37,41,42,43,44)/p+1/t31-/m0/s1. The summed E-state index contributed by atoms with van der Waals surface area (Å²) in [5, 5.41) is 12.7. The van der Waals surface area contributed by atoms with Crippen LogP contribution in [-0.2, 0) is 29.0 Å². The number of aryl methyl sites for hydroxylation is 2. The summed E-state index contributed by atoms with van der Waals surface area (Å²) in [6.45, 7) is 8.27. The van der Waals surface area contributed by atoms with Crippen molar-refractivity contribution in [3.63, 3.8) is 0 Å². The van der Waals surface area contributed by atoms with Gasteiger partial charge in [-0.1, -0.05) is 53.3 Å². The number of benzene rings is 3. The molecule has 46 heavy (non-hydrogen) atoms. The fourth-order valence-corrected chi connectivity index (χ4v) is 6.13. The van der Waals surface area contributed by atoms with Gasteiger partial charge in [0.1, 0.15) is 30.7 Å². The van der Waals surface area contributed by atoms with E-state index >= 15 is 0 Å². The normalized spacial score (nSPS) is 11.8. The predicted octanol–water partition coefficient (Wildman–Crippen LogP) is 5.35. The Bertz CT molecular complexity index is 1840. The highest BCUT2D eigenvalue weighted by Crippen LogP contribution is 2.23. The van der Waals surface area contributed by atoms with Crippen LogP contribution in [0.25, 0.3) is 4.96 Å². The van der Waals surface area contributed by atoms with Crippen LogP contribution in [0.15, 0.2) is 85.2 Å². The zero-order chi connectivity index (χ0) is 33.0. The number of carbonyl (C=O) groups excluding carboxylic acids is 3. The molecule has 10 nitrogen and oxygen atoms in total. The molecule has 0 aliphatic rings. The van der Waals surface area contributed by atoms with Gasteiger partial charge in [0.15, 0.2) is 5.69 Å². The van der Waals surface area contributed by atoms with Crippen LogP contribution in [0.4, 0.5) is 10.5 Å². The molecule has 3 amide bonds. The number of fused-ring (bicyclic) bond motifs is 1. The highest BCUT2D eigenvalue weighted by molar-refractivity contribution is 7.16. The molecule has 0 saturated carbocycles. The van der Waals surface area contributed by atoms with E-state index in [2.05, 4.69) is 34.1 Å². The summed E-state index contributed by atoms with van der Waals surface area (Å²) < 4.78 is 9.45.